The third-order valence-electron chi connectivity index (χ3n) is 4.60. The van der Waals surface area contributed by atoms with E-state index in [0.29, 0.717) is 11.5 Å². The molecule has 1 aliphatic rings. The zero-order valence-corrected chi connectivity index (χ0v) is 12.9. The Bertz CT molecular complexity index is 608. The average molecular weight is 268 g/mol. The summed E-state index contributed by atoms with van der Waals surface area (Å²) in [6.07, 6.45) is 1.30. The maximum absolute atomic E-state index is 3.68. The number of nitrogens with one attached hydrogen (secondary N) is 1. The Balaban J connectivity index is 1.80. The van der Waals surface area contributed by atoms with E-state index in [0.717, 1.165) is 6.54 Å². The summed E-state index contributed by atoms with van der Waals surface area (Å²) in [6.45, 7) is 10.0. The molecule has 1 atom stereocenters. The number of aromatic nitrogens is 1. The van der Waals surface area contributed by atoms with Gasteiger partial charge in [-0.1, -0.05) is 32.0 Å². The first-order chi connectivity index (χ1) is 9.49. The minimum atomic E-state index is 0.491. The van der Waals surface area contributed by atoms with E-state index in [1.165, 1.54) is 29.1 Å². The van der Waals surface area contributed by atoms with Crippen molar-refractivity contribution in [2.24, 2.45) is 5.41 Å². The van der Waals surface area contributed by atoms with E-state index in [1.54, 1.807) is 0 Å². The van der Waals surface area contributed by atoms with Crippen LogP contribution in [0.15, 0.2) is 36.4 Å². The molecule has 0 amide bonds. The van der Waals surface area contributed by atoms with Gasteiger partial charge in [-0.3, -0.25) is 0 Å². The van der Waals surface area contributed by atoms with Crippen LogP contribution < -0.4 is 5.32 Å². The lowest BCUT2D eigenvalue weighted by Crippen LogP contribution is -2.20. The fourth-order valence-electron chi connectivity index (χ4n) is 3.03. The summed E-state index contributed by atoms with van der Waals surface area (Å²) in [7, 11) is 0. The molecule has 1 aromatic carbocycles. The highest BCUT2D eigenvalue weighted by atomic mass is 15.0. The SMILES string of the molecule is Cc1cc(CNC2CC2(C)C)c(C)n1-c1ccccc1. The van der Waals surface area contributed by atoms with Gasteiger partial charge >= 0.3 is 0 Å². The summed E-state index contributed by atoms with van der Waals surface area (Å²) in [4.78, 5) is 0. The largest absolute Gasteiger partial charge is 0.318 e. The topological polar surface area (TPSA) is 17.0 Å². The van der Waals surface area contributed by atoms with Gasteiger partial charge in [0.25, 0.3) is 0 Å². The molecule has 1 heterocycles. The van der Waals surface area contributed by atoms with Crippen LogP contribution in [0, 0.1) is 19.3 Å². The molecule has 1 N–H and O–H groups in total. The van der Waals surface area contributed by atoms with Crippen LogP contribution in [-0.2, 0) is 6.54 Å². The quantitative estimate of drug-likeness (QED) is 0.887. The molecule has 1 fully saturated rings. The van der Waals surface area contributed by atoms with E-state index in [1.807, 2.05) is 0 Å². The number of benzene rings is 1. The zero-order chi connectivity index (χ0) is 14.3. The molecule has 0 spiro atoms. The summed E-state index contributed by atoms with van der Waals surface area (Å²) in [5, 5.41) is 3.68. The molecule has 2 heteroatoms. The van der Waals surface area contributed by atoms with E-state index in [2.05, 4.69) is 74.0 Å². The highest BCUT2D eigenvalue weighted by molar-refractivity contribution is 5.41. The molecule has 1 saturated carbocycles. The molecular formula is C18H24N2. The molecule has 106 valence electrons. The van der Waals surface area contributed by atoms with Crippen LogP contribution in [-0.4, -0.2) is 10.6 Å². The number of rotatable bonds is 4. The van der Waals surface area contributed by atoms with Crippen LogP contribution in [0.5, 0.6) is 0 Å². The zero-order valence-electron chi connectivity index (χ0n) is 12.9. The Morgan fingerprint density at radius 3 is 2.45 bits per heavy atom. The van der Waals surface area contributed by atoms with Crippen molar-refractivity contribution in [2.75, 3.05) is 0 Å². The van der Waals surface area contributed by atoms with Gasteiger partial charge in [0, 0.05) is 29.7 Å². The first-order valence-electron chi connectivity index (χ1n) is 7.46. The van der Waals surface area contributed by atoms with Crippen LogP contribution in [0.1, 0.15) is 37.2 Å². The fourth-order valence-corrected chi connectivity index (χ4v) is 3.03. The van der Waals surface area contributed by atoms with E-state index < -0.39 is 0 Å². The maximum atomic E-state index is 3.68. The molecule has 2 nitrogen and oxygen atoms in total. The third-order valence-corrected chi connectivity index (χ3v) is 4.60. The fraction of sp³-hybridized carbons (Fsp3) is 0.444. The van der Waals surface area contributed by atoms with Crippen LogP contribution in [0.3, 0.4) is 0 Å². The number of nitrogens with zero attached hydrogens (tertiary/aromatic N) is 1. The molecule has 1 aliphatic carbocycles. The molecule has 2 aromatic rings. The van der Waals surface area contributed by atoms with Gasteiger partial charge in [0.05, 0.1) is 0 Å². The van der Waals surface area contributed by atoms with Gasteiger partial charge in [-0.15, -0.1) is 0 Å². The number of aryl methyl sites for hydroxylation is 1. The molecular weight excluding hydrogens is 244 g/mol. The van der Waals surface area contributed by atoms with Crippen molar-refractivity contribution in [3.8, 4) is 5.69 Å². The average Bonchev–Trinajstić information content (AvgIpc) is 2.92. The van der Waals surface area contributed by atoms with E-state index in [-0.39, 0.29) is 0 Å². The Morgan fingerprint density at radius 2 is 1.85 bits per heavy atom. The Labute approximate surface area is 121 Å². The van der Waals surface area contributed by atoms with Crippen molar-refractivity contribution in [1.29, 1.82) is 0 Å². The highest BCUT2D eigenvalue weighted by Gasteiger charge is 2.45. The first kappa shape index (κ1) is 13.4. The lowest BCUT2D eigenvalue weighted by Gasteiger charge is -2.10. The number of hydrogen-bond donors (Lipinski definition) is 1. The third kappa shape index (κ3) is 2.40. The van der Waals surface area contributed by atoms with Crippen LogP contribution in [0.25, 0.3) is 5.69 Å². The van der Waals surface area contributed by atoms with E-state index in [4.69, 9.17) is 0 Å². The Morgan fingerprint density at radius 1 is 1.20 bits per heavy atom. The summed E-state index contributed by atoms with van der Waals surface area (Å²) in [5.41, 5.74) is 5.81. The number of hydrogen-bond acceptors (Lipinski definition) is 1. The molecule has 0 bridgehead atoms. The van der Waals surface area contributed by atoms with Crippen molar-refractivity contribution in [2.45, 2.75) is 46.7 Å². The summed E-state index contributed by atoms with van der Waals surface area (Å²) in [5.74, 6) is 0. The molecule has 1 aromatic heterocycles. The molecule has 0 saturated heterocycles. The van der Waals surface area contributed by atoms with Crippen molar-refractivity contribution in [3.05, 3.63) is 53.3 Å². The second-order valence-electron chi connectivity index (χ2n) is 6.69. The Hall–Kier alpha value is -1.54. The summed E-state index contributed by atoms with van der Waals surface area (Å²) < 4.78 is 2.34. The predicted octanol–water partition coefficient (Wildman–Crippen LogP) is 3.98. The summed E-state index contributed by atoms with van der Waals surface area (Å²) in [6, 6.07) is 13.6. The summed E-state index contributed by atoms with van der Waals surface area (Å²) >= 11 is 0. The normalized spacial score (nSPS) is 20.1. The van der Waals surface area contributed by atoms with Crippen molar-refractivity contribution < 1.29 is 0 Å². The van der Waals surface area contributed by atoms with Gasteiger partial charge in [0.1, 0.15) is 0 Å². The van der Waals surface area contributed by atoms with Crippen molar-refractivity contribution >= 4 is 0 Å². The van der Waals surface area contributed by atoms with Crippen molar-refractivity contribution in [3.63, 3.8) is 0 Å². The lowest BCUT2D eigenvalue weighted by atomic mass is 10.2. The standard InChI is InChI=1S/C18H24N2/c1-13-10-15(12-19-17-11-18(17,3)4)14(2)20(13)16-8-6-5-7-9-16/h5-10,17,19H,11-12H2,1-4H3. The molecule has 0 radical (unpaired) electrons. The van der Waals surface area contributed by atoms with E-state index in [9.17, 15) is 0 Å². The second-order valence-corrected chi connectivity index (χ2v) is 6.69. The maximum Gasteiger partial charge on any atom is 0.0455 e. The Kier molecular flexibility index (Phi) is 3.21. The van der Waals surface area contributed by atoms with Gasteiger partial charge in [-0.25, -0.2) is 0 Å². The van der Waals surface area contributed by atoms with Crippen LogP contribution in [0.2, 0.25) is 0 Å². The molecule has 20 heavy (non-hydrogen) atoms. The lowest BCUT2D eigenvalue weighted by molar-refractivity contribution is 0.541. The van der Waals surface area contributed by atoms with Gasteiger partial charge < -0.3 is 9.88 Å². The van der Waals surface area contributed by atoms with Crippen LogP contribution >= 0.6 is 0 Å². The second kappa shape index (κ2) is 4.78. The minimum Gasteiger partial charge on any atom is -0.318 e. The van der Waals surface area contributed by atoms with Crippen LogP contribution in [0.4, 0.5) is 0 Å². The number of para-hydroxylation sites is 1. The first-order valence-corrected chi connectivity index (χ1v) is 7.46. The van der Waals surface area contributed by atoms with Gasteiger partial charge in [-0.2, -0.15) is 0 Å². The minimum absolute atomic E-state index is 0.491. The van der Waals surface area contributed by atoms with E-state index >= 15 is 0 Å². The molecule has 3 rings (SSSR count). The highest BCUT2D eigenvalue weighted by Crippen LogP contribution is 2.44. The smallest absolute Gasteiger partial charge is 0.0455 e. The van der Waals surface area contributed by atoms with Crippen molar-refractivity contribution in [1.82, 2.24) is 9.88 Å². The van der Waals surface area contributed by atoms with Gasteiger partial charge in [0.2, 0.25) is 0 Å². The molecule has 1 unspecified atom stereocenters. The monoisotopic (exact) mass is 268 g/mol. The van der Waals surface area contributed by atoms with Gasteiger partial charge in [0.15, 0.2) is 0 Å². The van der Waals surface area contributed by atoms with Gasteiger partial charge in [-0.05, 0) is 49.4 Å². The predicted molar refractivity (Wildman–Crippen MR) is 84.3 cm³/mol. The molecule has 0 aliphatic heterocycles.